The Kier molecular flexibility index (Phi) is 1.46. The summed E-state index contributed by atoms with van der Waals surface area (Å²) in [5.74, 6) is 0.218. The Morgan fingerprint density at radius 1 is 1.45 bits per heavy atom. The van der Waals surface area contributed by atoms with Gasteiger partial charge in [-0.3, -0.25) is 9.78 Å². The molecule has 0 atom stereocenters. The summed E-state index contributed by atoms with van der Waals surface area (Å²) < 4.78 is 0. The summed E-state index contributed by atoms with van der Waals surface area (Å²) in [6, 6.07) is 4.56. The highest BCUT2D eigenvalue weighted by Crippen LogP contribution is 2.17. The molecule has 1 aromatic heterocycles. The highest BCUT2D eigenvalue weighted by Gasteiger charge is 2.16. The van der Waals surface area contributed by atoms with Gasteiger partial charge in [-0.25, -0.2) is 0 Å². The van der Waals surface area contributed by atoms with Crippen LogP contribution in [-0.4, -0.2) is 10.8 Å². The molecule has 0 saturated heterocycles. The van der Waals surface area contributed by atoms with Gasteiger partial charge in [0.25, 0.3) is 0 Å². The molecule has 11 heavy (non-hydrogen) atoms. The fourth-order valence-electron chi connectivity index (χ4n) is 1.38. The molecule has 0 bridgehead atoms. The van der Waals surface area contributed by atoms with Crippen molar-refractivity contribution in [3.63, 3.8) is 0 Å². The number of aromatic nitrogens is 1. The molecular formula is C9H8NO. The van der Waals surface area contributed by atoms with E-state index >= 15 is 0 Å². The van der Waals surface area contributed by atoms with Crippen molar-refractivity contribution in [3.8, 4) is 0 Å². The third-order valence-corrected chi connectivity index (χ3v) is 1.95. The first-order valence-corrected chi connectivity index (χ1v) is 3.76. The number of ketones is 1. The second kappa shape index (κ2) is 2.46. The molecule has 2 nitrogen and oxygen atoms in total. The summed E-state index contributed by atoms with van der Waals surface area (Å²) in [6.07, 6.45) is 4.18. The maximum atomic E-state index is 11.2. The molecule has 0 aliphatic heterocycles. The van der Waals surface area contributed by atoms with Gasteiger partial charge in [0.05, 0.1) is 5.69 Å². The van der Waals surface area contributed by atoms with Crippen LogP contribution in [0.15, 0.2) is 12.3 Å². The van der Waals surface area contributed by atoms with Gasteiger partial charge in [0.2, 0.25) is 0 Å². The Balaban J connectivity index is 2.52. The lowest BCUT2D eigenvalue weighted by molar-refractivity contribution is 0.0971. The first-order chi connectivity index (χ1) is 5.38. The smallest absolute Gasteiger partial charge is 0.164 e. The van der Waals surface area contributed by atoms with E-state index in [1.54, 1.807) is 12.3 Å². The molecule has 0 saturated carbocycles. The van der Waals surface area contributed by atoms with E-state index in [9.17, 15) is 4.79 Å². The van der Waals surface area contributed by atoms with Gasteiger partial charge < -0.3 is 0 Å². The van der Waals surface area contributed by atoms with Gasteiger partial charge in [0, 0.05) is 24.2 Å². The van der Waals surface area contributed by atoms with Crippen LogP contribution in [-0.2, 0) is 6.42 Å². The van der Waals surface area contributed by atoms with Crippen molar-refractivity contribution < 1.29 is 4.79 Å². The Morgan fingerprint density at radius 3 is 3.18 bits per heavy atom. The standard InChI is InChI=1S/C9H8NO/c11-9-5-1-4-8-7(9)3-2-6-10-8/h3,6H,1,4-5H2. The molecule has 2 rings (SSSR count). The van der Waals surface area contributed by atoms with Crippen molar-refractivity contribution in [1.29, 1.82) is 0 Å². The monoisotopic (exact) mass is 146 g/mol. The Labute approximate surface area is 65.3 Å². The number of carbonyl (C=O) groups excluding carboxylic acids is 1. The van der Waals surface area contributed by atoms with E-state index in [1.807, 2.05) is 0 Å². The largest absolute Gasteiger partial charge is 0.294 e. The molecule has 1 aliphatic rings. The molecule has 55 valence electrons. The lowest BCUT2D eigenvalue weighted by Gasteiger charge is -2.11. The number of carbonyl (C=O) groups is 1. The molecule has 1 heterocycles. The van der Waals surface area contributed by atoms with Crippen molar-refractivity contribution in [2.24, 2.45) is 0 Å². The van der Waals surface area contributed by atoms with Crippen LogP contribution in [0.1, 0.15) is 28.9 Å². The lowest BCUT2D eigenvalue weighted by atomic mass is 9.95. The van der Waals surface area contributed by atoms with E-state index in [-0.39, 0.29) is 5.78 Å². The molecule has 1 aromatic rings. The maximum absolute atomic E-state index is 11.2. The molecule has 0 aromatic carbocycles. The summed E-state index contributed by atoms with van der Waals surface area (Å²) in [7, 11) is 0. The van der Waals surface area contributed by atoms with E-state index in [0.717, 1.165) is 24.1 Å². The molecule has 0 amide bonds. The van der Waals surface area contributed by atoms with E-state index in [0.29, 0.717) is 6.42 Å². The molecule has 0 spiro atoms. The second-order valence-corrected chi connectivity index (χ2v) is 2.71. The van der Waals surface area contributed by atoms with Crippen LogP contribution in [0.3, 0.4) is 0 Å². The van der Waals surface area contributed by atoms with Crippen molar-refractivity contribution in [1.82, 2.24) is 4.98 Å². The Morgan fingerprint density at radius 2 is 2.36 bits per heavy atom. The average Bonchev–Trinajstić information content (AvgIpc) is 2.06. The summed E-state index contributed by atoms with van der Waals surface area (Å²) in [5, 5.41) is 0. The summed E-state index contributed by atoms with van der Waals surface area (Å²) in [6.45, 7) is 0. The van der Waals surface area contributed by atoms with Crippen molar-refractivity contribution >= 4 is 5.78 Å². The minimum atomic E-state index is 0.218. The number of rotatable bonds is 0. The van der Waals surface area contributed by atoms with Gasteiger partial charge in [-0.2, -0.15) is 0 Å². The van der Waals surface area contributed by atoms with Gasteiger partial charge in [-0.05, 0) is 18.9 Å². The number of fused-ring (bicyclic) bond motifs is 1. The van der Waals surface area contributed by atoms with Crippen LogP contribution in [0.5, 0.6) is 0 Å². The van der Waals surface area contributed by atoms with Gasteiger partial charge in [0.15, 0.2) is 5.78 Å². The van der Waals surface area contributed by atoms with Crippen LogP contribution < -0.4 is 0 Å². The predicted octanol–water partition coefficient (Wildman–Crippen LogP) is 1.40. The second-order valence-electron chi connectivity index (χ2n) is 2.71. The Hall–Kier alpha value is -1.18. The molecule has 2 heteroatoms. The molecule has 0 N–H and O–H groups in total. The number of hydrogen-bond donors (Lipinski definition) is 0. The average molecular weight is 146 g/mol. The van der Waals surface area contributed by atoms with E-state index < -0.39 is 0 Å². The summed E-state index contributed by atoms with van der Waals surface area (Å²) in [5.41, 5.74) is 1.72. The lowest BCUT2D eigenvalue weighted by Crippen LogP contribution is -2.11. The van der Waals surface area contributed by atoms with Gasteiger partial charge in [0.1, 0.15) is 0 Å². The van der Waals surface area contributed by atoms with Crippen molar-refractivity contribution in [3.05, 3.63) is 29.6 Å². The van der Waals surface area contributed by atoms with Gasteiger partial charge in [-0.15, -0.1) is 0 Å². The SMILES string of the molecule is O=C1CCCc2nc[c]cc21. The first-order valence-electron chi connectivity index (χ1n) is 3.76. The minimum absolute atomic E-state index is 0.218. The van der Waals surface area contributed by atoms with Crippen LogP contribution in [0.4, 0.5) is 0 Å². The quantitative estimate of drug-likeness (QED) is 0.553. The van der Waals surface area contributed by atoms with Crippen LogP contribution >= 0.6 is 0 Å². The number of nitrogens with zero attached hydrogens (tertiary/aromatic N) is 1. The van der Waals surface area contributed by atoms with E-state index in [2.05, 4.69) is 11.1 Å². The number of hydrogen-bond acceptors (Lipinski definition) is 2. The molecule has 1 aliphatic carbocycles. The fraction of sp³-hybridized carbons (Fsp3) is 0.333. The predicted molar refractivity (Wildman–Crippen MR) is 40.3 cm³/mol. The number of aryl methyl sites for hydroxylation is 1. The zero-order valence-corrected chi connectivity index (χ0v) is 6.13. The summed E-state index contributed by atoms with van der Waals surface area (Å²) >= 11 is 0. The third kappa shape index (κ3) is 1.04. The van der Waals surface area contributed by atoms with E-state index in [4.69, 9.17) is 0 Å². The van der Waals surface area contributed by atoms with Crippen LogP contribution in [0, 0.1) is 6.07 Å². The Bertz CT molecular complexity index is 293. The van der Waals surface area contributed by atoms with Gasteiger partial charge >= 0.3 is 0 Å². The van der Waals surface area contributed by atoms with Gasteiger partial charge in [-0.1, -0.05) is 0 Å². The third-order valence-electron chi connectivity index (χ3n) is 1.95. The molecular weight excluding hydrogens is 138 g/mol. The highest BCUT2D eigenvalue weighted by molar-refractivity contribution is 5.97. The first kappa shape index (κ1) is 6.53. The minimum Gasteiger partial charge on any atom is -0.294 e. The highest BCUT2D eigenvalue weighted by atomic mass is 16.1. The molecule has 0 unspecified atom stereocenters. The summed E-state index contributed by atoms with van der Waals surface area (Å²) in [4.78, 5) is 15.3. The number of pyridine rings is 1. The van der Waals surface area contributed by atoms with Crippen LogP contribution in [0.25, 0.3) is 0 Å². The zero-order chi connectivity index (χ0) is 7.68. The number of Topliss-reactive ketones (excluding diaryl/α,β-unsaturated/α-hetero) is 1. The van der Waals surface area contributed by atoms with E-state index in [1.165, 1.54) is 0 Å². The fourth-order valence-corrected chi connectivity index (χ4v) is 1.38. The maximum Gasteiger partial charge on any atom is 0.164 e. The van der Waals surface area contributed by atoms with Crippen molar-refractivity contribution in [2.75, 3.05) is 0 Å². The molecule has 1 radical (unpaired) electrons. The zero-order valence-electron chi connectivity index (χ0n) is 6.13. The van der Waals surface area contributed by atoms with Crippen molar-refractivity contribution in [2.45, 2.75) is 19.3 Å². The topological polar surface area (TPSA) is 30.0 Å². The van der Waals surface area contributed by atoms with Crippen LogP contribution in [0.2, 0.25) is 0 Å². The molecule has 0 fully saturated rings. The normalized spacial score (nSPS) is 16.2.